The van der Waals surface area contributed by atoms with Crippen LogP contribution >= 0.6 is 0 Å². The lowest BCUT2D eigenvalue weighted by molar-refractivity contribution is -0.152. The zero-order valence-corrected chi connectivity index (χ0v) is 9.09. The first-order chi connectivity index (χ1) is 7.57. The fraction of sp³-hybridized carbons (Fsp3) is 0.600. The first-order valence-corrected chi connectivity index (χ1v) is 4.89. The molecule has 1 aliphatic rings. The van der Waals surface area contributed by atoms with Crippen LogP contribution in [-0.4, -0.2) is 55.0 Å². The first kappa shape index (κ1) is 12.5. The molecule has 1 heterocycles. The van der Waals surface area contributed by atoms with Crippen LogP contribution in [0.25, 0.3) is 0 Å². The molecule has 0 aromatic carbocycles. The van der Waals surface area contributed by atoms with E-state index in [0.29, 0.717) is 13.2 Å². The quantitative estimate of drug-likeness (QED) is 0.688. The standard InChI is InChI=1S/C10H15NO5/c1-3-4-16-10(14)11(2)8(9(12)13)7-5-15-6-7/h3,7-8H,1,4-6H2,2H3,(H,12,13). The van der Waals surface area contributed by atoms with Crippen molar-refractivity contribution in [2.45, 2.75) is 6.04 Å². The summed E-state index contributed by atoms with van der Waals surface area (Å²) in [7, 11) is 1.41. The van der Waals surface area contributed by atoms with Crippen LogP contribution in [-0.2, 0) is 14.3 Å². The molecule has 1 rings (SSSR count). The van der Waals surface area contributed by atoms with Gasteiger partial charge in [-0.1, -0.05) is 12.7 Å². The Morgan fingerprint density at radius 1 is 1.69 bits per heavy atom. The normalized spacial score (nSPS) is 17.1. The molecule has 0 aromatic rings. The molecule has 0 radical (unpaired) electrons. The van der Waals surface area contributed by atoms with Gasteiger partial charge in [-0.3, -0.25) is 4.90 Å². The van der Waals surface area contributed by atoms with Crippen LogP contribution < -0.4 is 0 Å². The van der Waals surface area contributed by atoms with Crippen molar-refractivity contribution in [2.24, 2.45) is 5.92 Å². The van der Waals surface area contributed by atoms with Gasteiger partial charge >= 0.3 is 12.1 Å². The Morgan fingerprint density at radius 3 is 2.69 bits per heavy atom. The Bertz CT molecular complexity index is 287. The van der Waals surface area contributed by atoms with Gasteiger partial charge in [-0.05, 0) is 0 Å². The third kappa shape index (κ3) is 2.73. The van der Waals surface area contributed by atoms with Crippen LogP contribution in [0.2, 0.25) is 0 Å². The van der Waals surface area contributed by atoms with Crippen LogP contribution in [0.1, 0.15) is 0 Å². The van der Waals surface area contributed by atoms with E-state index in [1.54, 1.807) is 0 Å². The Hall–Kier alpha value is -1.56. The van der Waals surface area contributed by atoms with Crippen molar-refractivity contribution in [1.82, 2.24) is 4.90 Å². The molecule has 1 fully saturated rings. The molecule has 0 bridgehead atoms. The van der Waals surface area contributed by atoms with E-state index in [1.165, 1.54) is 13.1 Å². The molecule has 90 valence electrons. The lowest BCUT2D eigenvalue weighted by Gasteiger charge is -2.35. The van der Waals surface area contributed by atoms with Crippen LogP contribution in [0, 0.1) is 5.92 Å². The van der Waals surface area contributed by atoms with Gasteiger partial charge in [0, 0.05) is 13.0 Å². The molecule has 1 aliphatic heterocycles. The monoisotopic (exact) mass is 229 g/mol. The van der Waals surface area contributed by atoms with Crippen molar-refractivity contribution in [3.05, 3.63) is 12.7 Å². The summed E-state index contributed by atoms with van der Waals surface area (Å²) in [6.07, 6.45) is 0.757. The lowest BCUT2D eigenvalue weighted by atomic mass is 9.97. The number of rotatable bonds is 5. The van der Waals surface area contributed by atoms with Crippen LogP contribution in [0.3, 0.4) is 0 Å². The molecule has 0 aromatic heterocycles. The van der Waals surface area contributed by atoms with E-state index in [4.69, 9.17) is 14.6 Å². The summed E-state index contributed by atoms with van der Waals surface area (Å²) in [5.41, 5.74) is 0. The predicted molar refractivity (Wildman–Crippen MR) is 55.0 cm³/mol. The zero-order chi connectivity index (χ0) is 12.1. The Morgan fingerprint density at radius 2 is 2.31 bits per heavy atom. The maximum absolute atomic E-state index is 11.4. The minimum atomic E-state index is -1.05. The van der Waals surface area contributed by atoms with Gasteiger partial charge in [-0.15, -0.1) is 0 Å². The summed E-state index contributed by atoms with van der Waals surface area (Å²) in [5, 5.41) is 9.03. The molecule has 0 spiro atoms. The SMILES string of the molecule is C=CCOC(=O)N(C)C(C(=O)O)C1COC1. The highest BCUT2D eigenvalue weighted by atomic mass is 16.6. The average molecular weight is 229 g/mol. The zero-order valence-electron chi connectivity index (χ0n) is 9.09. The summed E-state index contributed by atoms with van der Waals surface area (Å²) >= 11 is 0. The van der Waals surface area contributed by atoms with E-state index in [1.807, 2.05) is 0 Å². The van der Waals surface area contributed by atoms with Gasteiger partial charge in [0.15, 0.2) is 0 Å². The number of carboxylic acid groups (broad SMARTS) is 1. The Balaban J connectivity index is 2.58. The Kier molecular flexibility index (Phi) is 4.30. The van der Waals surface area contributed by atoms with Gasteiger partial charge in [-0.2, -0.15) is 0 Å². The summed E-state index contributed by atoms with van der Waals surface area (Å²) in [5.74, 6) is -1.22. The molecule has 16 heavy (non-hydrogen) atoms. The van der Waals surface area contributed by atoms with Crippen molar-refractivity contribution in [3.63, 3.8) is 0 Å². The largest absolute Gasteiger partial charge is 0.480 e. The number of carbonyl (C=O) groups is 2. The summed E-state index contributed by atoms with van der Waals surface area (Å²) in [6, 6.07) is -0.897. The molecule has 1 amide bonds. The number of hydrogen-bond acceptors (Lipinski definition) is 4. The highest BCUT2D eigenvalue weighted by molar-refractivity contribution is 5.80. The molecule has 6 heteroatoms. The molecular weight excluding hydrogens is 214 g/mol. The Labute approximate surface area is 93.4 Å². The third-order valence-corrected chi connectivity index (χ3v) is 2.39. The number of nitrogens with zero attached hydrogens (tertiary/aromatic N) is 1. The maximum Gasteiger partial charge on any atom is 0.410 e. The second kappa shape index (κ2) is 5.50. The van der Waals surface area contributed by atoms with E-state index in [9.17, 15) is 9.59 Å². The average Bonchev–Trinajstić information content (AvgIpc) is 2.18. The maximum atomic E-state index is 11.4. The van der Waals surface area contributed by atoms with Gasteiger partial charge in [0.25, 0.3) is 0 Å². The fourth-order valence-corrected chi connectivity index (χ4v) is 1.47. The van der Waals surface area contributed by atoms with Gasteiger partial charge in [-0.25, -0.2) is 9.59 Å². The van der Waals surface area contributed by atoms with E-state index in [2.05, 4.69) is 6.58 Å². The molecule has 0 saturated carbocycles. The number of ether oxygens (including phenoxy) is 2. The van der Waals surface area contributed by atoms with Gasteiger partial charge in [0.05, 0.1) is 13.2 Å². The van der Waals surface area contributed by atoms with Crippen molar-refractivity contribution < 1.29 is 24.2 Å². The van der Waals surface area contributed by atoms with Crippen LogP contribution in [0.15, 0.2) is 12.7 Å². The molecule has 1 saturated heterocycles. The number of carboxylic acids is 1. The number of hydrogen-bond donors (Lipinski definition) is 1. The topological polar surface area (TPSA) is 76.1 Å². The highest BCUT2D eigenvalue weighted by Gasteiger charge is 2.39. The van der Waals surface area contributed by atoms with Gasteiger partial charge < -0.3 is 14.6 Å². The molecule has 1 unspecified atom stereocenters. The highest BCUT2D eigenvalue weighted by Crippen LogP contribution is 2.19. The minimum absolute atomic E-state index is 0.0661. The van der Waals surface area contributed by atoms with Crippen molar-refractivity contribution in [2.75, 3.05) is 26.9 Å². The number of carbonyl (C=O) groups excluding carboxylic acids is 1. The van der Waals surface area contributed by atoms with Crippen molar-refractivity contribution >= 4 is 12.1 Å². The van der Waals surface area contributed by atoms with E-state index in [-0.39, 0.29) is 12.5 Å². The van der Waals surface area contributed by atoms with Crippen LogP contribution in [0.4, 0.5) is 4.79 Å². The summed E-state index contributed by atoms with van der Waals surface area (Å²) < 4.78 is 9.69. The summed E-state index contributed by atoms with van der Waals surface area (Å²) in [6.45, 7) is 4.18. The van der Waals surface area contributed by atoms with E-state index < -0.39 is 18.1 Å². The van der Waals surface area contributed by atoms with E-state index in [0.717, 1.165) is 4.90 Å². The molecule has 6 nitrogen and oxygen atoms in total. The number of aliphatic carboxylic acids is 1. The first-order valence-electron chi connectivity index (χ1n) is 4.89. The molecule has 1 atom stereocenters. The van der Waals surface area contributed by atoms with Crippen molar-refractivity contribution in [1.29, 1.82) is 0 Å². The molecular formula is C10H15NO5. The van der Waals surface area contributed by atoms with E-state index >= 15 is 0 Å². The third-order valence-electron chi connectivity index (χ3n) is 2.39. The van der Waals surface area contributed by atoms with Gasteiger partial charge in [0.2, 0.25) is 0 Å². The minimum Gasteiger partial charge on any atom is -0.480 e. The van der Waals surface area contributed by atoms with Gasteiger partial charge in [0.1, 0.15) is 12.6 Å². The second-order valence-corrected chi connectivity index (χ2v) is 3.56. The second-order valence-electron chi connectivity index (χ2n) is 3.56. The fourth-order valence-electron chi connectivity index (χ4n) is 1.47. The van der Waals surface area contributed by atoms with Crippen LogP contribution in [0.5, 0.6) is 0 Å². The number of amides is 1. The molecule has 0 aliphatic carbocycles. The predicted octanol–water partition coefficient (Wildman–Crippen LogP) is 0.340. The number of likely N-dealkylation sites (N-methyl/N-ethyl adjacent to an activating group) is 1. The van der Waals surface area contributed by atoms with Crippen molar-refractivity contribution in [3.8, 4) is 0 Å². The smallest absolute Gasteiger partial charge is 0.410 e. The summed E-state index contributed by atoms with van der Waals surface area (Å²) in [4.78, 5) is 23.6. The molecule has 1 N–H and O–H groups in total. The lowest BCUT2D eigenvalue weighted by Crippen LogP contribution is -2.53.